The molecule has 10 heteroatoms. The molecule has 0 saturated carbocycles. The Hall–Kier alpha value is -3.11. The predicted molar refractivity (Wildman–Crippen MR) is 139 cm³/mol. The maximum atomic E-state index is 13.3. The van der Waals surface area contributed by atoms with Gasteiger partial charge in [0.1, 0.15) is 11.9 Å². The monoisotopic (exact) mass is 535 g/mol. The Labute approximate surface area is 221 Å². The smallest absolute Gasteiger partial charge is 0.389 e. The van der Waals surface area contributed by atoms with Crippen molar-refractivity contribution in [1.29, 1.82) is 0 Å². The molecule has 3 rings (SSSR count). The zero-order valence-electron chi connectivity index (χ0n) is 22.0. The lowest BCUT2D eigenvalue weighted by Crippen LogP contribution is -2.47. The van der Waals surface area contributed by atoms with Gasteiger partial charge in [-0.2, -0.15) is 13.2 Å². The van der Waals surface area contributed by atoms with Gasteiger partial charge in [0.2, 0.25) is 11.8 Å². The molecule has 1 heterocycles. The summed E-state index contributed by atoms with van der Waals surface area (Å²) in [5.41, 5.74) is 1.96. The number of hydrogen-bond donors (Lipinski definition) is 2. The second-order valence-electron chi connectivity index (χ2n) is 10.1. The Morgan fingerprint density at radius 2 is 1.95 bits per heavy atom. The van der Waals surface area contributed by atoms with Gasteiger partial charge in [0, 0.05) is 43.2 Å². The number of rotatable bonds is 9. The molecule has 0 fully saturated rings. The van der Waals surface area contributed by atoms with Gasteiger partial charge in [-0.05, 0) is 37.7 Å². The molecule has 0 aromatic heterocycles. The number of alkyl halides is 3. The molecule has 2 aromatic rings. The fraction of sp³-hybridized carbons (Fsp3) is 0.500. The van der Waals surface area contributed by atoms with Crippen LogP contribution in [0.2, 0.25) is 0 Å². The zero-order chi connectivity index (χ0) is 27.9. The van der Waals surface area contributed by atoms with Crippen LogP contribution < -0.4 is 10.1 Å². The molecule has 0 spiro atoms. The van der Waals surface area contributed by atoms with Crippen molar-refractivity contribution in [3.8, 4) is 5.75 Å². The van der Waals surface area contributed by atoms with Crippen molar-refractivity contribution in [2.75, 3.05) is 32.1 Å². The van der Waals surface area contributed by atoms with E-state index in [9.17, 15) is 27.9 Å². The summed E-state index contributed by atoms with van der Waals surface area (Å²) in [7, 11) is 2.00. The summed E-state index contributed by atoms with van der Waals surface area (Å²) in [5, 5.41) is 12.3. The number of ether oxygens (including phenoxy) is 1. The summed E-state index contributed by atoms with van der Waals surface area (Å²) in [6, 6.07) is 14.4. The molecule has 2 aromatic carbocycles. The Morgan fingerprint density at radius 1 is 1.24 bits per heavy atom. The van der Waals surface area contributed by atoms with E-state index >= 15 is 0 Å². The van der Waals surface area contributed by atoms with Gasteiger partial charge >= 0.3 is 6.18 Å². The van der Waals surface area contributed by atoms with Gasteiger partial charge in [-0.3, -0.25) is 14.5 Å². The van der Waals surface area contributed by atoms with E-state index in [1.807, 2.05) is 44.3 Å². The molecule has 2 amide bonds. The molecule has 208 valence electrons. The molecule has 1 aliphatic rings. The number of nitrogens with one attached hydrogen (secondary N) is 1. The molecule has 0 saturated heterocycles. The van der Waals surface area contributed by atoms with E-state index in [2.05, 4.69) is 10.2 Å². The van der Waals surface area contributed by atoms with Crippen LogP contribution in [0.1, 0.15) is 37.8 Å². The fourth-order valence-electron chi connectivity index (χ4n) is 4.47. The largest absolute Gasteiger partial charge is 0.488 e. The fourth-order valence-corrected chi connectivity index (χ4v) is 4.47. The van der Waals surface area contributed by atoms with Crippen molar-refractivity contribution in [3.05, 3.63) is 59.7 Å². The number of fused-ring (bicyclic) bond motifs is 1. The first-order chi connectivity index (χ1) is 17.9. The van der Waals surface area contributed by atoms with Gasteiger partial charge in [-0.15, -0.1) is 0 Å². The number of carbonyl (C=O) groups is 2. The Morgan fingerprint density at radius 3 is 2.61 bits per heavy atom. The third kappa shape index (κ3) is 8.73. The lowest BCUT2D eigenvalue weighted by molar-refractivity contribution is -0.142. The van der Waals surface area contributed by atoms with E-state index in [1.54, 1.807) is 30.0 Å². The summed E-state index contributed by atoms with van der Waals surface area (Å²) in [5.74, 6) is -0.557. The van der Waals surface area contributed by atoms with E-state index in [-0.39, 0.29) is 31.0 Å². The maximum absolute atomic E-state index is 13.3. The Balaban J connectivity index is 1.84. The first kappa shape index (κ1) is 29.4. The topological polar surface area (TPSA) is 82.1 Å². The number of benzene rings is 2. The zero-order valence-corrected chi connectivity index (χ0v) is 22.0. The number of amides is 2. The van der Waals surface area contributed by atoms with E-state index in [0.29, 0.717) is 36.6 Å². The van der Waals surface area contributed by atoms with E-state index in [1.165, 1.54) is 0 Å². The standard InChI is InChI=1S/C28H36F3N3O4/c1-19-15-34(20(2)18-35)27(37)14-22-13-23(32-26(36)11-12-28(29,30)31)9-10-24(22)38-25(19)17-33(3)16-21-7-5-4-6-8-21/h4-10,13,19-20,25,35H,11-12,14-18H2,1-3H3,(H,32,36)/t19-,20-,25-/m0/s1. The summed E-state index contributed by atoms with van der Waals surface area (Å²) >= 11 is 0. The quantitative estimate of drug-likeness (QED) is 0.502. The van der Waals surface area contributed by atoms with E-state index in [4.69, 9.17) is 4.74 Å². The van der Waals surface area contributed by atoms with Crippen LogP contribution >= 0.6 is 0 Å². The normalized spacial score (nSPS) is 19.2. The Bertz CT molecular complexity index is 1080. The lowest BCUT2D eigenvalue weighted by Gasteiger charge is -2.34. The first-order valence-corrected chi connectivity index (χ1v) is 12.7. The van der Waals surface area contributed by atoms with Crippen molar-refractivity contribution in [2.45, 2.75) is 58.0 Å². The average molecular weight is 536 g/mol. The third-order valence-corrected chi connectivity index (χ3v) is 6.62. The number of anilines is 1. The van der Waals surface area contributed by atoms with Crippen LogP contribution in [-0.4, -0.2) is 71.8 Å². The molecule has 7 nitrogen and oxygen atoms in total. The second-order valence-corrected chi connectivity index (χ2v) is 10.1. The minimum Gasteiger partial charge on any atom is -0.488 e. The van der Waals surface area contributed by atoms with Gasteiger partial charge in [0.05, 0.1) is 25.5 Å². The van der Waals surface area contributed by atoms with Gasteiger partial charge in [-0.1, -0.05) is 37.3 Å². The molecule has 0 unspecified atom stereocenters. The van der Waals surface area contributed by atoms with Gasteiger partial charge in [0.15, 0.2) is 0 Å². The summed E-state index contributed by atoms with van der Waals surface area (Å²) in [6.45, 7) is 5.25. The molecule has 0 aliphatic carbocycles. The molecule has 0 radical (unpaired) electrons. The average Bonchev–Trinajstić information content (AvgIpc) is 2.90. The van der Waals surface area contributed by atoms with Crippen molar-refractivity contribution in [1.82, 2.24) is 9.80 Å². The SMILES string of the molecule is C[C@H]1CN([C@@H](C)CO)C(=O)Cc2cc(NC(=O)CCC(F)(F)F)ccc2O[C@H]1CN(C)Cc1ccccc1. The van der Waals surface area contributed by atoms with Crippen molar-refractivity contribution in [2.24, 2.45) is 5.92 Å². The molecular weight excluding hydrogens is 499 g/mol. The number of aliphatic hydroxyl groups excluding tert-OH is 1. The van der Waals surface area contributed by atoms with Crippen LogP contribution in [0.5, 0.6) is 5.75 Å². The van der Waals surface area contributed by atoms with Gasteiger partial charge in [-0.25, -0.2) is 0 Å². The van der Waals surface area contributed by atoms with Crippen LogP contribution in [0.15, 0.2) is 48.5 Å². The highest BCUT2D eigenvalue weighted by Gasteiger charge is 2.31. The third-order valence-electron chi connectivity index (χ3n) is 6.62. The van der Waals surface area contributed by atoms with E-state index in [0.717, 1.165) is 5.56 Å². The number of halogens is 3. The number of likely N-dealkylation sites (N-methyl/N-ethyl adjacent to an activating group) is 1. The van der Waals surface area contributed by atoms with Crippen molar-refractivity contribution < 1.29 is 32.6 Å². The maximum Gasteiger partial charge on any atom is 0.389 e. The first-order valence-electron chi connectivity index (χ1n) is 12.7. The molecule has 2 N–H and O–H groups in total. The van der Waals surface area contributed by atoms with E-state index < -0.39 is 31.0 Å². The summed E-state index contributed by atoms with van der Waals surface area (Å²) < 4.78 is 43.9. The van der Waals surface area contributed by atoms with Crippen LogP contribution in [0.4, 0.5) is 18.9 Å². The van der Waals surface area contributed by atoms with Crippen molar-refractivity contribution in [3.63, 3.8) is 0 Å². The van der Waals surface area contributed by atoms with Gasteiger partial charge in [0.25, 0.3) is 0 Å². The highest BCUT2D eigenvalue weighted by Crippen LogP contribution is 2.30. The molecule has 0 bridgehead atoms. The number of nitrogens with zero attached hydrogens (tertiary/aromatic N) is 2. The molecule has 38 heavy (non-hydrogen) atoms. The number of aliphatic hydroxyl groups is 1. The second kappa shape index (κ2) is 13.1. The summed E-state index contributed by atoms with van der Waals surface area (Å²) in [4.78, 5) is 29.1. The predicted octanol–water partition coefficient (Wildman–Crippen LogP) is 4.25. The Kier molecular flexibility index (Phi) is 10.2. The molecule has 3 atom stereocenters. The molecular formula is C28H36F3N3O4. The van der Waals surface area contributed by atoms with Crippen molar-refractivity contribution >= 4 is 17.5 Å². The number of carbonyl (C=O) groups excluding carboxylic acids is 2. The molecule has 1 aliphatic heterocycles. The highest BCUT2D eigenvalue weighted by molar-refractivity contribution is 5.91. The van der Waals surface area contributed by atoms with Crippen LogP contribution in [-0.2, 0) is 22.6 Å². The summed E-state index contributed by atoms with van der Waals surface area (Å²) in [6.07, 6.45) is -6.66. The van der Waals surface area contributed by atoms with Crippen LogP contribution in [0.3, 0.4) is 0 Å². The number of hydrogen-bond acceptors (Lipinski definition) is 5. The minimum atomic E-state index is -4.42. The lowest BCUT2D eigenvalue weighted by atomic mass is 10.0. The highest BCUT2D eigenvalue weighted by atomic mass is 19.4. The van der Waals surface area contributed by atoms with Crippen LogP contribution in [0.25, 0.3) is 0 Å². The minimum absolute atomic E-state index is 0.0365. The van der Waals surface area contributed by atoms with Crippen LogP contribution in [0, 0.1) is 5.92 Å². The van der Waals surface area contributed by atoms with Gasteiger partial charge < -0.3 is 20.1 Å².